The molecule has 0 spiro atoms. The van der Waals surface area contributed by atoms with Crippen molar-refractivity contribution in [3.05, 3.63) is 123 Å². The summed E-state index contributed by atoms with van der Waals surface area (Å²) < 4.78 is 27.6. The van der Waals surface area contributed by atoms with E-state index in [1.54, 1.807) is 0 Å². The van der Waals surface area contributed by atoms with Crippen LogP contribution in [0.3, 0.4) is 0 Å². The fraction of sp³-hybridized carbons (Fsp3) is 0.347. The van der Waals surface area contributed by atoms with Crippen molar-refractivity contribution in [2.75, 3.05) is 9.80 Å². The predicted molar refractivity (Wildman–Crippen MR) is 234 cm³/mol. The van der Waals surface area contributed by atoms with Crippen molar-refractivity contribution in [1.29, 1.82) is 0 Å². The minimum atomic E-state index is -2.21. The van der Waals surface area contributed by atoms with E-state index in [2.05, 4.69) is 147 Å². The van der Waals surface area contributed by atoms with Crippen molar-refractivity contribution in [1.82, 2.24) is 0 Å². The molecule has 1 aromatic heterocycles. The Morgan fingerprint density at radius 3 is 1.89 bits per heavy atom. The van der Waals surface area contributed by atoms with Gasteiger partial charge in [-0.25, -0.2) is 0 Å². The molecule has 4 heteroatoms. The number of aryl methyl sites for hydroxylation is 5. The zero-order valence-electron chi connectivity index (χ0n) is 36.3. The molecule has 1 aliphatic carbocycles. The van der Waals surface area contributed by atoms with Gasteiger partial charge in [0.25, 0.3) is 6.71 Å². The van der Waals surface area contributed by atoms with Crippen LogP contribution in [-0.2, 0) is 16.2 Å². The van der Waals surface area contributed by atoms with Crippen LogP contribution in [-0.4, -0.2) is 6.71 Å². The Kier molecular flexibility index (Phi) is 6.67. The van der Waals surface area contributed by atoms with Crippen molar-refractivity contribution < 1.29 is 4.11 Å². The lowest BCUT2D eigenvalue weighted by Crippen LogP contribution is -2.61. The molecule has 0 atom stereocenters. The number of hydrogen-bond acceptors (Lipinski definition) is 3. The molecule has 6 aromatic rings. The second-order valence-corrected chi connectivity index (χ2v) is 19.7. The van der Waals surface area contributed by atoms with Crippen LogP contribution in [0.2, 0.25) is 0 Å². The summed E-state index contributed by atoms with van der Waals surface area (Å²) in [6.07, 6.45) is 2.29. The number of anilines is 6. The molecule has 0 fully saturated rings. The summed E-state index contributed by atoms with van der Waals surface area (Å²) in [4.78, 5) is 5.06. The molecule has 0 amide bonds. The average Bonchev–Trinajstić information content (AvgIpc) is 3.48. The SMILES string of the molecule is [2H]C([2H])([2H])c1ccc2sc3c(c2c1)N(c1ccc(C(C)(C)C)cc1)c1cc(C)cc2c1B3c1cc3c(cc1N2c1c(C)cc(C)cc1C)C(C)(C)CCC3(C)C. The van der Waals surface area contributed by atoms with E-state index in [4.69, 9.17) is 4.11 Å². The van der Waals surface area contributed by atoms with E-state index in [9.17, 15) is 0 Å². The summed E-state index contributed by atoms with van der Waals surface area (Å²) in [7, 11) is 0. The van der Waals surface area contributed by atoms with Gasteiger partial charge < -0.3 is 9.80 Å². The smallest absolute Gasteiger partial charge is 0.264 e. The van der Waals surface area contributed by atoms with Crippen LogP contribution in [0.1, 0.15) is 110 Å². The van der Waals surface area contributed by atoms with Gasteiger partial charge in [0.1, 0.15) is 0 Å². The molecule has 2 aliphatic heterocycles. The van der Waals surface area contributed by atoms with Crippen molar-refractivity contribution in [2.24, 2.45) is 0 Å². The van der Waals surface area contributed by atoms with Gasteiger partial charge in [-0.1, -0.05) is 96.0 Å². The van der Waals surface area contributed by atoms with Gasteiger partial charge in [-0.05, 0) is 150 Å². The number of fused-ring (bicyclic) bond motifs is 7. The summed E-state index contributed by atoms with van der Waals surface area (Å²) in [5.41, 5.74) is 19.4. The van der Waals surface area contributed by atoms with E-state index in [0.717, 1.165) is 40.0 Å². The van der Waals surface area contributed by atoms with Crippen molar-refractivity contribution in [2.45, 2.75) is 112 Å². The molecule has 0 N–H and O–H groups in total. The Morgan fingerprint density at radius 2 is 1.26 bits per heavy atom. The summed E-state index contributed by atoms with van der Waals surface area (Å²) in [5, 5.41) is 1.00. The monoisotopic (exact) mass is 715 g/mol. The quantitative estimate of drug-likeness (QED) is 0.164. The molecule has 2 nitrogen and oxygen atoms in total. The van der Waals surface area contributed by atoms with Gasteiger partial charge in [0.05, 0.1) is 11.4 Å². The number of hydrogen-bond donors (Lipinski definition) is 0. The zero-order chi connectivity index (χ0) is 40.0. The van der Waals surface area contributed by atoms with Gasteiger partial charge in [0.15, 0.2) is 0 Å². The molecule has 0 bridgehead atoms. The first-order valence-electron chi connectivity index (χ1n) is 20.8. The maximum atomic E-state index is 8.42. The standard InChI is InChI=1S/C49H53BN2S/c1-28-13-18-42-35(23-28)45-46(53-42)50-38-26-36-37(49(11,12)20-19-48(36,9)10)27-39(38)52(44-31(4)21-29(2)22-32(44)5)41-25-30(3)24-40(43(41)50)51(45)34-16-14-33(15-17-34)47(6,7)8/h13-18,21-27H,19-20H2,1-12H3/i1D3. The molecule has 9 rings (SSSR count). The number of benzene rings is 5. The lowest BCUT2D eigenvalue weighted by atomic mass is 9.35. The highest BCUT2D eigenvalue weighted by atomic mass is 32.1. The molecular weight excluding hydrogens is 659 g/mol. The Hall–Kier alpha value is -4.28. The van der Waals surface area contributed by atoms with Crippen LogP contribution in [0.15, 0.2) is 78.9 Å². The van der Waals surface area contributed by atoms with E-state index >= 15 is 0 Å². The van der Waals surface area contributed by atoms with Gasteiger partial charge in [0.2, 0.25) is 0 Å². The molecule has 5 aromatic carbocycles. The first-order valence-corrected chi connectivity index (χ1v) is 20.2. The molecule has 268 valence electrons. The van der Waals surface area contributed by atoms with Crippen molar-refractivity contribution in [3.63, 3.8) is 0 Å². The minimum Gasteiger partial charge on any atom is -0.311 e. The van der Waals surface area contributed by atoms with Crippen molar-refractivity contribution >= 4 is 78.0 Å². The van der Waals surface area contributed by atoms with Crippen LogP contribution < -0.4 is 25.5 Å². The van der Waals surface area contributed by atoms with Gasteiger partial charge in [-0.2, -0.15) is 0 Å². The third-order valence-corrected chi connectivity index (χ3v) is 13.9. The summed E-state index contributed by atoms with van der Waals surface area (Å²) in [6, 6.07) is 29.5. The summed E-state index contributed by atoms with van der Waals surface area (Å²) in [6.45, 7) is 23.2. The second-order valence-electron chi connectivity index (χ2n) is 18.6. The predicted octanol–water partition coefficient (Wildman–Crippen LogP) is 12.2. The highest BCUT2D eigenvalue weighted by Gasteiger charge is 2.48. The third kappa shape index (κ3) is 5.11. The topological polar surface area (TPSA) is 6.48 Å². The highest BCUT2D eigenvalue weighted by molar-refractivity contribution is 7.33. The molecule has 0 radical (unpaired) electrons. The number of rotatable bonds is 2. The molecular formula is C49H53BN2S. The van der Waals surface area contributed by atoms with Crippen LogP contribution >= 0.6 is 11.3 Å². The van der Waals surface area contributed by atoms with Gasteiger partial charge in [-0.3, -0.25) is 0 Å². The first kappa shape index (κ1) is 31.1. The first-order chi connectivity index (χ1) is 26.2. The molecule has 3 aliphatic rings. The summed E-state index contributed by atoms with van der Waals surface area (Å²) >= 11 is 1.83. The molecule has 53 heavy (non-hydrogen) atoms. The van der Waals surface area contributed by atoms with Crippen LogP contribution in [0.25, 0.3) is 10.1 Å². The number of thiophene rings is 1. The lowest BCUT2D eigenvalue weighted by Gasteiger charge is -2.47. The highest BCUT2D eigenvalue weighted by Crippen LogP contribution is 2.52. The van der Waals surface area contributed by atoms with E-state index in [1.807, 2.05) is 29.5 Å². The van der Waals surface area contributed by atoms with Crippen LogP contribution in [0, 0.1) is 34.5 Å². The normalized spacial score (nSPS) is 17.8. The zero-order valence-corrected chi connectivity index (χ0v) is 34.1. The van der Waals surface area contributed by atoms with E-state index in [0.29, 0.717) is 5.56 Å². The van der Waals surface area contributed by atoms with Gasteiger partial charge >= 0.3 is 0 Å². The van der Waals surface area contributed by atoms with Crippen LogP contribution in [0.5, 0.6) is 0 Å². The Labute approximate surface area is 326 Å². The largest absolute Gasteiger partial charge is 0.311 e. The van der Waals surface area contributed by atoms with Gasteiger partial charge in [-0.15, -0.1) is 11.3 Å². The Balaban J connectivity index is 1.44. The Bertz CT molecular complexity index is 2600. The van der Waals surface area contributed by atoms with E-state index in [-0.39, 0.29) is 23.0 Å². The maximum Gasteiger partial charge on any atom is 0.264 e. The fourth-order valence-electron chi connectivity index (χ4n) is 9.82. The number of nitrogens with zero attached hydrogens (tertiary/aromatic N) is 2. The summed E-state index contributed by atoms with van der Waals surface area (Å²) in [5.74, 6) is 0. The van der Waals surface area contributed by atoms with E-state index < -0.39 is 6.85 Å². The fourth-order valence-corrected chi connectivity index (χ4v) is 11.1. The Morgan fingerprint density at radius 1 is 0.660 bits per heavy atom. The molecule has 3 heterocycles. The lowest BCUT2D eigenvalue weighted by molar-refractivity contribution is 0.332. The van der Waals surface area contributed by atoms with Crippen molar-refractivity contribution in [3.8, 4) is 0 Å². The third-order valence-electron chi connectivity index (χ3n) is 12.6. The molecule has 0 unspecified atom stereocenters. The molecule has 0 saturated carbocycles. The van der Waals surface area contributed by atoms with Crippen LogP contribution in [0.4, 0.5) is 34.1 Å². The molecule has 0 saturated heterocycles. The second kappa shape index (κ2) is 11.4. The maximum absolute atomic E-state index is 8.42. The van der Waals surface area contributed by atoms with Gasteiger partial charge in [0, 0.05) is 41.7 Å². The minimum absolute atomic E-state index is 0.0122. The van der Waals surface area contributed by atoms with E-state index in [1.165, 1.54) is 71.7 Å². The average molecular weight is 716 g/mol.